The lowest BCUT2D eigenvalue weighted by atomic mass is 10.2. The normalized spacial score (nSPS) is 11.2. The van der Waals surface area contributed by atoms with Gasteiger partial charge in [-0.05, 0) is 36.4 Å². The number of hydrogen-bond donors (Lipinski definition) is 2. The van der Waals surface area contributed by atoms with Crippen LogP contribution in [0.4, 0.5) is 18.9 Å². The second kappa shape index (κ2) is 7.66. The van der Waals surface area contributed by atoms with Crippen LogP contribution in [-0.4, -0.2) is 22.6 Å². The van der Waals surface area contributed by atoms with Crippen LogP contribution < -0.4 is 21.3 Å². The van der Waals surface area contributed by atoms with Gasteiger partial charge in [0, 0.05) is 18.0 Å². The summed E-state index contributed by atoms with van der Waals surface area (Å²) in [6.07, 6.45) is -3.56. The van der Waals surface area contributed by atoms with Gasteiger partial charge >= 0.3 is 11.9 Å². The first-order chi connectivity index (χ1) is 13.7. The Balaban J connectivity index is 1.94. The number of aromatic amines is 1. The molecule has 3 rings (SSSR count). The highest BCUT2D eigenvalue weighted by Gasteiger charge is 2.30. The Labute approximate surface area is 161 Å². The molecular formula is C19H14F3N3O4. The van der Waals surface area contributed by atoms with Crippen molar-refractivity contribution >= 4 is 11.6 Å². The van der Waals surface area contributed by atoms with E-state index in [4.69, 9.17) is 4.74 Å². The number of ether oxygens (including phenoxy) is 1. The summed E-state index contributed by atoms with van der Waals surface area (Å²) in [6.45, 7) is 0. The summed E-state index contributed by atoms with van der Waals surface area (Å²) in [5, 5.41) is 2.33. The quantitative estimate of drug-likeness (QED) is 0.698. The topological polar surface area (TPSA) is 93.2 Å². The summed E-state index contributed by atoms with van der Waals surface area (Å²) < 4.78 is 43.7. The molecule has 0 bridgehead atoms. The summed E-state index contributed by atoms with van der Waals surface area (Å²) in [6, 6.07) is 9.83. The Morgan fingerprint density at radius 2 is 1.79 bits per heavy atom. The molecule has 2 N–H and O–H groups in total. The van der Waals surface area contributed by atoms with Crippen LogP contribution in [0.2, 0.25) is 0 Å². The number of nitrogens with zero attached hydrogens (tertiary/aromatic N) is 1. The number of halogens is 3. The molecule has 0 unspecified atom stereocenters. The number of nitrogens with one attached hydrogen (secondary N) is 2. The number of anilines is 1. The highest BCUT2D eigenvalue weighted by molar-refractivity contribution is 6.03. The second-order valence-electron chi connectivity index (χ2n) is 5.88. The van der Waals surface area contributed by atoms with Crippen LogP contribution in [-0.2, 0) is 6.18 Å². The Morgan fingerprint density at radius 1 is 1.10 bits per heavy atom. The molecule has 0 radical (unpaired) electrons. The number of H-pyrrole nitrogens is 1. The number of hydrogen-bond acceptors (Lipinski definition) is 4. The van der Waals surface area contributed by atoms with Gasteiger partial charge in [0.2, 0.25) is 0 Å². The lowest BCUT2D eigenvalue weighted by Gasteiger charge is -2.10. The molecule has 0 saturated heterocycles. The Hall–Kier alpha value is -3.82. The number of benzene rings is 2. The Morgan fingerprint density at radius 3 is 2.41 bits per heavy atom. The smallest absolute Gasteiger partial charge is 0.416 e. The minimum absolute atomic E-state index is 0.0570. The fourth-order valence-corrected chi connectivity index (χ4v) is 2.56. The molecule has 0 aliphatic heterocycles. The summed E-state index contributed by atoms with van der Waals surface area (Å²) in [7, 11) is 1.42. The number of methoxy groups -OCH3 is 1. The average Bonchev–Trinajstić information content (AvgIpc) is 2.68. The molecule has 0 aliphatic carbocycles. The van der Waals surface area contributed by atoms with Crippen LogP contribution >= 0.6 is 0 Å². The van der Waals surface area contributed by atoms with Gasteiger partial charge in [0.25, 0.3) is 11.5 Å². The van der Waals surface area contributed by atoms with Crippen molar-refractivity contribution in [2.45, 2.75) is 6.18 Å². The molecule has 0 atom stereocenters. The molecule has 1 amide bonds. The van der Waals surface area contributed by atoms with E-state index in [1.54, 1.807) is 12.1 Å². The zero-order valence-corrected chi connectivity index (χ0v) is 14.9. The van der Waals surface area contributed by atoms with Crippen molar-refractivity contribution in [3.05, 3.63) is 86.7 Å². The monoisotopic (exact) mass is 405 g/mol. The molecule has 0 saturated carbocycles. The van der Waals surface area contributed by atoms with Crippen LogP contribution in [0.15, 0.2) is 64.3 Å². The minimum Gasteiger partial charge on any atom is -0.497 e. The zero-order chi connectivity index (χ0) is 21.2. The number of carbonyl (C=O) groups excluding carboxylic acids is 1. The third-order valence-corrected chi connectivity index (χ3v) is 4.00. The predicted octanol–water partition coefficient (Wildman–Crippen LogP) is 2.81. The Bertz CT molecular complexity index is 1160. The molecule has 0 aliphatic rings. The molecule has 7 nitrogen and oxygen atoms in total. The van der Waals surface area contributed by atoms with Crippen LogP contribution in [0.3, 0.4) is 0 Å². The first kappa shape index (κ1) is 19.9. The molecule has 2 aromatic carbocycles. The van der Waals surface area contributed by atoms with Gasteiger partial charge in [-0.25, -0.2) is 9.36 Å². The molecule has 3 aromatic rings. The lowest BCUT2D eigenvalue weighted by Crippen LogP contribution is -2.38. The molecule has 0 spiro atoms. The molecule has 1 aromatic heterocycles. The van der Waals surface area contributed by atoms with Gasteiger partial charge in [0.15, 0.2) is 0 Å². The van der Waals surface area contributed by atoms with Crippen LogP contribution in [0.5, 0.6) is 5.75 Å². The van der Waals surface area contributed by atoms with Crippen molar-refractivity contribution in [3.63, 3.8) is 0 Å². The zero-order valence-electron chi connectivity index (χ0n) is 14.9. The fraction of sp³-hybridized carbons (Fsp3) is 0.105. The second-order valence-corrected chi connectivity index (χ2v) is 5.88. The van der Waals surface area contributed by atoms with E-state index in [9.17, 15) is 27.6 Å². The van der Waals surface area contributed by atoms with Gasteiger partial charge in [0.05, 0.1) is 18.4 Å². The molecular weight excluding hydrogens is 391 g/mol. The van der Waals surface area contributed by atoms with E-state index in [2.05, 4.69) is 10.3 Å². The maximum atomic E-state index is 12.7. The van der Waals surface area contributed by atoms with E-state index in [1.165, 1.54) is 19.2 Å². The fourth-order valence-electron chi connectivity index (χ4n) is 2.56. The SMILES string of the molecule is COc1cccc(-n2c(=O)[nH]cc(C(=O)Nc3ccc(C(F)(F)F)cc3)c2=O)c1. The molecule has 0 fully saturated rings. The maximum Gasteiger partial charge on any atom is 0.416 e. The van der Waals surface area contributed by atoms with Crippen molar-refractivity contribution in [2.75, 3.05) is 12.4 Å². The van der Waals surface area contributed by atoms with Crippen molar-refractivity contribution in [2.24, 2.45) is 0 Å². The maximum absolute atomic E-state index is 12.7. The molecule has 10 heteroatoms. The van der Waals surface area contributed by atoms with E-state index in [0.717, 1.165) is 35.0 Å². The van der Waals surface area contributed by atoms with Crippen LogP contribution in [0.1, 0.15) is 15.9 Å². The summed E-state index contributed by atoms with van der Waals surface area (Å²) in [5.74, 6) is -0.490. The standard InChI is InChI=1S/C19H14F3N3O4/c1-29-14-4-2-3-13(9-14)25-17(27)15(10-23-18(25)28)16(26)24-12-7-5-11(6-8-12)19(20,21)22/h2-10H,1H3,(H,23,28)(H,24,26). The van der Waals surface area contributed by atoms with Gasteiger partial charge in [-0.2, -0.15) is 13.2 Å². The molecule has 150 valence electrons. The summed E-state index contributed by atoms with van der Waals surface area (Å²) >= 11 is 0. The summed E-state index contributed by atoms with van der Waals surface area (Å²) in [5.41, 5.74) is -2.70. The van der Waals surface area contributed by atoms with E-state index in [1.807, 2.05) is 0 Å². The minimum atomic E-state index is -4.51. The average molecular weight is 405 g/mol. The van der Waals surface area contributed by atoms with Crippen LogP contribution in [0, 0.1) is 0 Å². The van der Waals surface area contributed by atoms with E-state index in [0.29, 0.717) is 5.75 Å². The number of rotatable bonds is 4. The third-order valence-electron chi connectivity index (χ3n) is 4.00. The summed E-state index contributed by atoms with van der Waals surface area (Å²) in [4.78, 5) is 39.6. The van der Waals surface area contributed by atoms with Crippen molar-refractivity contribution < 1.29 is 22.7 Å². The lowest BCUT2D eigenvalue weighted by molar-refractivity contribution is -0.137. The predicted molar refractivity (Wildman–Crippen MR) is 98.6 cm³/mol. The molecule has 1 heterocycles. The number of amides is 1. The highest BCUT2D eigenvalue weighted by atomic mass is 19.4. The van der Waals surface area contributed by atoms with Gasteiger partial charge in [-0.3, -0.25) is 9.59 Å². The first-order valence-corrected chi connectivity index (χ1v) is 8.18. The van der Waals surface area contributed by atoms with Gasteiger partial charge in [-0.1, -0.05) is 6.07 Å². The number of aromatic nitrogens is 2. The number of carbonyl (C=O) groups is 1. The molecule has 29 heavy (non-hydrogen) atoms. The third kappa shape index (κ3) is 4.21. The van der Waals surface area contributed by atoms with E-state index in [-0.39, 0.29) is 11.4 Å². The van der Waals surface area contributed by atoms with Gasteiger partial charge in [0.1, 0.15) is 11.3 Å². The number of alkyl halides is 3. The largest absolute Gasteiger partial charge is 0.497 e. The van der Waals surface area contributed by atoms with Crippen LogP contribution in [0.25, 0.3) is 5.69 Å². The van der Waals surface area contributed by atoms with E-state index >= 15 is 0 Å². The van der Waals surface area contributed by atoms with Crippen molar-refractivity contribution in [3.8, 4) is 11.4 Å². The van der Waals surface area contributed by atoms with Gasteiger partial charge in [-0.15, -0.1) is 0 Å². The Kier molecular flexibility index (Phi) is 5.26. The first-order valence-electron chi connectivity index (χ1n) is 8.18. The van der Waals surface area contributed by atoms with E-state index < -0.39 is 34.5 Å². The highest BCUT2D eigenvalue weighted by Crippen LogP contribution is 2.29. The van der Waals surface area contributed by atoms with Crippen molar-refractivity contribution in [1.29, 1.82) is 0 Å². The van der Waals surface area contributed by atoms with Crippen molar-refractivity contribution in [1.82, 2.24) is 9.55 Å². The van der Waals surface area contributed by atoms with Gasteiger partial charge < -0.3 is 15.0 Å².